The minimum absolute atomic E-state index is 0.193. The van der Waals surface area contributed by atoms with Crippen LogP contribution in [0.4, 0.5) is 5.69 Å². The van der Waals surface area contributed by atoms with Gasteiger partial charge in [-0.25, -0.2) is 4.98 Å². The first-order chi connectivity index (χ1) is 10.7. The van der Waals surface area contributed by atoms with Gasteiger partial charge in [0.05, 0.1) is 11.9 Å². The second-order valence-corrected chi connectivity index (χ2v) is 5.03. The molecule has 3 aromatic rings. The maximum atomic E-state index is 12.2. The normalized spacial score (nSPS) is 10.2. The van der Waals surface area contributed by atoms with Crippen LogP contribution in [0.3, 0.4) is 0 Å². The summed E-state index contributed by atoms with van der Waals surface area (Å²) in [6, 6.07) is 14.5. The zero-order valence-electron chi connectivity index (χ0n) is 11.5. The van der Waals surface area contributed by atoms with Gasteiger partial charge in [-0.15, -0.1) is 0 Å². The van der Waals surface area contributed by atoms with Gasteiger partial charge in [-0.2, -0.15) is 0 Å². The van der Waals surface area contributed by atoms with E-state index >= 15 is 0 Å². The Morgan fingerprint density at radius 2 is 1.77 bits per heavy atom. The van der Waals surface area contributed by atoms with Gasteiger partial charge in [-0.1, -0.05) is 29.8 Å². The number of benzene rings is 1. The number of hydrogen-bond acceptors (Lipinski definition) is 3. The van der Waals surface area contributed by atoms with Crippen LogP contribution in [0.25, 0.3) is 11.1 Å². The summed E-state index contributed by atoms with van der Waals surface area (Å²) in [4.78, 5) is 20.2. The van der Waals surface area contributed by atoms with Crippen molar-refractivity contribution in [2.24, 2.45) is 0 Å². The van der Waals surface area contributed by atoms with Gasteiger partial charge >= 0.3 is 0 Å². The summed E-state index contributed by atoms with van der Waals surface area (Å²) < 4.78 is 0. The number of pyridine rings is 2. The lowest BCUT2D eigenvalue weighted by molar-refractivity contribution is 0.102. The largest absolute Gasteiger partial charge is 0.321 e. The van der Waals surface area contributed by atoms with E-state index < -0.39 is 0 Å². The number of rotatable bonds is 3. The van der Waals surface area contributed by atoms with Gasteiger partial charge in [0.1, 0.15) is 5.15 Å². The minimum Gasteiger partial charge on any atom is -0.321 e. The quantitative estimate of drug-likeness (QED) is 0.743. The first-order valence-corrected chi connectivity index (χ1v) is 7.03. The number of nitrogens with one attached hydrogen (secondary N) is 1. The van der Waals surface area contributed by atoms with Crippen LogP contribution >= 0.6 is 11.6 Å². The van der Waals surface area contributed by atoms with Gasteiger partial charge in [0.15, 0.2) is 0 Å². The number of carbonyl (C=O) groups is 1. The Labute approximate surface area is 132 Å². The smallest absolute Gasteiger partial charge is 0.255 e. The van der Waals surface area contributed by atoms with Crippen molar-refractivity contribution in [3.05, 3.63) is 77.8 Å². The molecule has 2 heterocycles. The highest BCUT2D eigenvalue weighted by Gasteiger charge is 2.07. The predicted molar refractivity (Wildman–Crippen MR) is 86.9 cm³/mol. The lowest BCUT2D eigenvalue weighted by Crippen LogP contribution is -2.11. The average molecular weight is 310 g/mol. The topological polar surface area (TPSA) is 54.9 Å². The Hall–Kier alpha value is -2.72. The molecule has 0 saturated carbocycles. The van der Waals surface area contributed by atoms with E-state index in [0.717, 1.165) is 11.1 Å². The molecule has 0 bridgehead atoms. The fourth-order valence-corrected chi connectivity index (χ4v) is 2.11. The van der Waals surface area contributed by atoms with Gasteiger partial charge in [0.2, 0.25) is 0 Å². The van der Waals surface area contributed by atoms with E-state index in [1.54, 1.807) is 36.7 Å². The molecule has 2 aromatic heterocycles. The van der Waals surface area contributed by atoms with Crippen molar-refractivity contribution in [2.75, 3.05) is 5.32 Å². The van der Waals surface area contributed by atoms with Gasteiger partial charge in [0.25, 0.3) is 5.91 Å². The molecule has 1 aromatic carbocycles. The summed E-state index contributed by atoms with van der Waals surface area (Å²) >= 11 is 5.71. The minimum atomic E-state index is -0.193. The molecule has 4 nitrogen and oxygen atoms in total. The monoisotopic (exact) mass is 309 g/mol. The molecule has 0 radical (unpaired) electrons. The Morgan fingerprint density at radius 3 is 2.41 bits per heavy atom. The number of nitrogens with zero attached hydrogens (tertiary/aromatic N) is 2. The summed E-state index contributed by atoms with van der Waals surface area (Å²) in [5.74, 6) is -0.193. The molecule has 0 atom stereocenters. The Balaban J connectivity index is 1.75. The van der Waals surface area contributed by atoms with Crippen LogP contribution in [0.5, 0.6) is 0 Å². The highest BCUT2D eigenvalue weighted by molar-refractivity contribution is 6.29. The van der Waals surface area contributed by atoms with Crippen molar-refractivity contribution in [1.29, 1.82) is 0 Å². The molecule has 22 heavy (non-hydrogen) atoms. The summed E-state index contributed by atoms with van der Waals surface area (Å²) in [6.07, 6.45) is 5.03. The molecule has 5 heteroatoms. The third-order valence-electron chi connectivity index (χ3n) is 3.13. The third-order valence-corrected chi connectivity index (χ3v) is 3.35. The van der Waals surface area contributed by atoms with E-state index in [4.69, 9.17) is 11.6 Å². The van der Waals surface area contributed by atoms with E-state index in [9.17, 15) is 4.79 Å². The Bertz CT molecular complexity index is 771. The first-order valence-electron chi connectivity index (χ1n) is 6.66. The van der Waals surface area contributed by atoms with Gasteiger partial charge in [0, 0.05) is 18.0 Å². The first kappa shape index (κ1) is 14.2. The average Bonchev–Trinajstić information content (AvgIpc) is 2.58. The van der Waals surface area contributed by atoms with Crippen LogP contribution < -0.4 is 5.32 Å². The maximum absolute atomic E-state index is 12.2. The number of carbonyl (C=O) groups excluding carboxylic acids is 1. The summed E-state index contributed by atoms with van der Waals surface area (Å²) in [5.41, 5.74) is 3.20. The van der Waals surface area contributed by atoms with Crippen molar-refractivity contribution in [2.45, 2.75) is 0 Å². The zero-order valence-corrected chi connectivity index (χ0v) is 12.3. The molecule has 0 unspecified atom stereocenters. The highest BCUT2D eigenvalue weighted by Crippen LogP contribution is 2.19. The summed E-state index contributed by atoms with van der Waals surface area (Å²) in [7, 11) is 0. The van der Waals surface area contributed by atoms with E-state index in [1.165, 1.54) is 6.20 Å². The fourth-order valence-electron chi connectivity index (χ4n) is 2.00. The van der Waals surface area contributed by atoms with Crippen molar-refractivity contribution in [3.63, 3.8) is 0 Å². The number of amides is 1. The van der Waals surface area contributed by atoms with Crippen molar-refractivity contribution >= 4 is 23.2 Å². The standard InChI is InChI=1S/C17H12ClN3O/c18-16-8-7-15(11-20-16)21-17(22)13-5-3-12(4-6-13)14-2-1-9-19-10-14/h1-11H,(H,21,22). The maximum Gasteiger partial charge on any atom is 0.255 e. The zero-order chi connectivity index (χ0) is 15.4. The van der Waals surface area contributed by atoms with Crippen LogP contribution in [0.2, 0.25) is 5.15 Å². The van der Waals surface area contributed by atoms with Crippen LogP contribution in [-0.4, -0.2) is 15.9 Å². The molecule has 0 saturated heterocycles. The molecule has 0 spiro atoms. The second-order valence-electron chi connectivity index (χ2n) is 4.64. The second kappa shape index (κ2) is 6.37. The number of hydrogen-bond donors (Lipinski definition) is 1. The number of halogens is 1. The van der Waals surface area contributed by atoms with Crippen LogP contribution in [0, 0.1) is 0 Å². The molecular formula is C17H12ClN3O. The molecular weight excluding hydrogens is 298 g/mol. The van der Waals surface area contributed by atoms with E-state index in [2.05, 4.69) is 15.3 Å². The molecule has 108 valence electrons. The van der Waals surface area contributed by atoms with Crippen LogP contribution in [-0.2, 0) is 0 Å². The molecule has 3 rings (SSSR count). The van der Waals surface area contributed by atoms with E-state index in [0.29, 0.717) is 16.4 Å². The molecule has 0 fully saturated rings. The molecule has 0 aliphatic carbocycles. The molecule has 0 aliphatic rings. The van der Waals surface area contributed by atoms with Crippen LogP contribution in [0.1, 0.15) is 10.4 Å². The lowest BCUT2D eigenvalue weighted by Gasteiger charge is -2.06. The Kier molecular flexibility index (Phi) is 4.12. The van der Waals surface area contributed by atoms with Gasteiger partial charge < -0.3 is 5.32 Å². The number of aromatic nitrogens is 2. The molecule has 1 amide bonds. The fraction of sp³-hybridized carbons (Fsp3) is 0. The van der Waals surface area contributed by atoms with Gasteiger partial charge in [-0.3, -0.25) is 9.78 Å². The number of anilines is 1. The van der Waals surface area contributed by atoms with E-state index in [1.807, 2.05) is 24.3 Å². The molecule has 1 N–H and O–H groups in total. The van der Waals surface area contributed by atoms with E-state index in [-0.39, 0.29) is 5.91 Å². The Morgan fingerprint density at radius 1 is 0.955 bits per heavy atom. The SMILES string of the molecule is O=C(Nc1ccc(Cl)nc1)c1ccc(-c2cccnc2)cc1. The third kappa shape index (κ3) is 3.30. The predicted octanol–water partition coefficient (Wildman–Crippen LogP) is 4.05. The van der Waals surface area contributed by atoms with Crippen LogP contribution in [0.15, 0.2) is 67.1 Å². The lowest BCUT2D eigenvalue weighted by atomic mass is 10.1. The van der Waals surface area contributed by atoms with Crippen molar-refractivity contribution in [3.8, 4) is 11.1 Å². The van der Waals surface area contributed by atoms with Crippen molar-refractivity contribution < 1.29 is 4.79 Å². The summed E-state index contributed by atoms with van der Waals surface area (Å²) in [5, 5.41) is 3.16. The molecule has 0 aliphatic heterocycles. The van der Waals surface area contributed by atoms with Crippen molar-refractivity contribution in [1.82, 2.24) is 9.97 Å². The van der Waals surface area contributed by atoms with Gasteiger partial charge in [-0.05, 0) is 41.5 Å². The summed E-state index contributed by atoms with van der Waals surface area (Å²) in [6.45, 7) is 0. The highest BCUT2D eigenvalue weighted by atomic mass is 35.5.